The highest BCUT2D eigenvalue weighted by atomic mass is 32.2. The van der Waals surface area contributed by atoms with Crippen LogP contribution in [0.5, 0.6) is 0 Å². The van der Waals surface area contributed by atoms with E-state index in [-0.39, 0.29) is 17.9 Å². The lowest BCUT2D eigenvalue weighted by Crippen LogP contribution is -2.52. The fourth-order valence-electron chi connectivity index (χ4n) is 4.32. The van der Waals surface area contributed by atoms with Gasteiger partial charge in [-0.15, -0.1) is 11.8 Å². The summed E-state index contributed by atoms with van der Waals surface area (Å²) in [6, 6.07) is 24.0. The van der Waals surface area contributed by atoms with E-state index in [0.29, 0.717) is 18.7 Å². The van der Waals surface area contributed by atoms with Gasteiger partial charge >= 0.3 is 0 Å². The molecular weight excluding hydrogens is 464 g/mol. The third-order valence-corrected chi connectivity index (χ3v) is 6.94. The van der Waals surface area contributed by atoms with Gasteiger partial charge in [0.25, 0.3) is 0 Å². The van der Waals surface area contributed by atoms with Crippen molar-refractivity contribution in [3.63, 3.8) is 0 Å². The molecule has 0 aliphatic heterocycles. The van der Waals surface area contributed by atoms with Gasteiger partial charge in [0.2, 0.25) is 11.8 Å². The van der Waals surface area contributed by atoms with Crippen molar-refractivity contribution in [3.05, 3.63) is 106 Å². The van der Waals surface area contributed by atoms with E-state index in [0.717, 1.165) is 16.9 Å². The fraction of sp³-hybridized carbons (Fsp3) is 0.355. The number of benzene rings is 3. The summed E-state index contributed by atoms with van der Waals surface area (Å²) in [5.41, 5.74) is 6.89. The predicted octanol–water partition coefficient (Wildman–Crippen LogP) is 6.01. The van der Waals surface area contributed by atoms with Crippen LogP contribution in [0.2, 0.25) is 0 Å². The first kappa shape index (κ1) is 27.5. The second-order valence-corrected chi connectivity index (χ2v) is 10.9. The molecule has 0 fully saturated rings. The second kappa shape index (κ2) is 13.3. The van der Waals surface area contributed by atoms with Gasteiger partial charge in [-0.05, 0) is 51.3 Å². The summed E-state index contributed by atoms with van der Waals surface area (Å²) < 4.78 is 0. The van der Waals surface area contributed by atoms with Gasteiger partial charge in [0.1, 0.15) is 6.04 Å². The zero-order valence-corrected chi connectivity index (χ0v) is 22.9. The molecule has 0 saturated carbocycles. The highest BCUT2D eigenvalue weighted by Crippen LogP contribution is 2.20. The summed E-state index contributed by atoms with van der Waals surface area (Å²) in [6.45, 7) is 10.5. The Morgan fingerprint density at radius 2 is 1.44 bits per heavy atom. The molecule has 3 aromatic carbocycles. The Morgan fingerprint density at radius 1 is 0.806 bits per heavy atom. The average Bonchev–Trinajstić information content (AvgIpc) is 2.82. The minimum absolute atomic E-state index is 0.00830. The molecule has 5 heteroatoms. The lowest BCUT2D eigenvalue weighted by atomic mass is 10.0. The van der Waals surface area contributed by atoms with Crippen molar-refractivity contribution in [2.75, 3.05) is 5.75 Å². The Labute approximate surface area is 220 Å². The van der Waals surface area contributed by atoms with Crippen LogP contribution in [0.25, 0.3) is 0 Å². The summed E-state index contributed by atoms with van der Waals surface area (Å²) in [5.74, 6) is 0.936. The van der Waals surface area contributed by atoms with E-state index in [1.54, 1.807) is 16.7 Å². The number of thioether (sulfide) groups is 1. The number of amides is 2. The van der Waals surface area contributed by atoms with Crippen LogP contribution < -0.4 is 5.32 Å². The van der Waals surface area contributed by atoms with E-state index >= 15 is 0 Å². The van der Waals surface area contributed by atoms with Crippen molar-refractivity contribution >= 4 is 23.6 Å². The van der Waals surface area contributed by atoms with Crippen LogP contribution in [0.3, 0.4) is 0 Å². The normalized spacial score (nSPS) is 11.8. The van der Waals surface area contributed by atoms with Gasteiger partial charge in [-0.25, -0.2) is 0 Å². The quantitative estimate of drug-likeness (QED) is 0.349. The Bertz CT molecular complexity index is 1120. The monoisotopic (exact) mass is 502 g/mol. The maximum atomic E-state index is 13.7. The number of carbonyl (C=O) groups is 2. The number of rotatable bonds is 11. The van der Waals surface area contributed by atoms with Gasteiger partial charge in [-0.1, -0.05) is 89.5 Å². The fourth-order valence-corrected chi connectivity index (χ4v) is 5.16. The summed E-state index contributed by atoms with van der Waals surface area (Å²) in [5, 5.41) is 3.05. The Hall–Kier alpha value is -3.05. The Balaban J connectivity index is 1.84. The van der Waals surface area contributed by atoms with Crippen LogP contribution in [0.15, 0.2) is 72.8 Å². The molecule has 0 aliphatic carbocycles. The maximum absolute atomic E-state index is 13.7. The summed E-state index contributed by atoms with van der Waals surface area (Å²) >= 11 is 1.60. The molecule has 3 aromatic rings. The van der Waals surface area contributed by atoms with Gasteiger partial charge in [0.05, 0.1) is 5.75 Å². The van der Waals surface area contributed by atoms with E-state index in [2.05, 4.69) is 37.4 Å². The van der Waals surface area contributed by atoms with Crippen LogP contribution in [0, 0.1) is 20.8 Å². The van der Waals surface area contributed by atoms with Crippen molar-refractivity contribution in [2.24, 2.45) is 0 Å². The minimum atomic E-state index is -0.592. The summed E-state index contributed by atoms with van der Waals surface area (Å²) in [4.78, 5) is 28.9. The van der Waals surface area contributed by atoms with E-state index in [9.17, 15) is 9.59 Å². The molecule has 4 nitrogen and oxygen atoms in total. The van der Waals surface area contributed by atoms with Crippen molar-refractivity contribution in [1.82, 2.24) is 10.2 Å². The second-order valence-electron chi connectivity index (χ2n) is 9.86. The molecule has 1 atom stereocenters. The average molecular weight is 503 g/mol. The van der Waals surface area contributed by atoms with Gasteiger partial charge in [-0.2, -0.15) is 0 Å². The molecule has 0 radical (unpaired) electrons. The molecule has 0 heterocycles. The van der Waals surface area contributed by atoms with Crippen LogP contribution in [-0.4, -0.2) is 34.6 Å². The minimum Gasteiger partial charge on any atom is -0.352 e. The topological polar surface area (TPSA) is 49.4 Å². The van der Waals surface area contributed by atoms with Crippen LogP contribution in [0.1, 0.15) is 47.2 Å². The molecular formula is C31H38N2O2S. The number of hydrogen-bond acceptors (Lipinski definition) is 3. The number of nitrogens with one attached hydrogen (secondary N) is 1. The zero-order chi connectivity index (χ0) is 26.1. The molecule has 0 unspecified atom stereocenters. The van der Waals surface area contributed by atoms with Crippen LogP contribution >= 0.6 is 11.8 Å². The maximum Gasteiger partial charge on any atom is 0.243 e. The zero-order valence-electron chi connectivity index (χ0n) is 22.1. The molecule has 2 amide bonds. The first-order valence-electron chi connectivity index (χ1n) is 12.6. The molecule has 0 saturated heterocycles. The van der Waals surface area contributed by atoms with Gasteiger partial charge in [0.15, 0.2) is 0 Å². The smallest absolute Gasteiger partial charge is 0.243 e. The van der Waals surface area contributed by atoms with Crippen LogP contribution in [-0.2, 0) is 28.3 Å². The first-order chi connectivity index (χ1) is 17.2. The number of carbonyl (C=O) groups excluding carboxylic acids is 2. The predicted molar refractivity (Wildman–Crippen MR) is 151 cm³/mol. The Kier molecular flexibility index (Phi) is 10.2. The molecule has 0 bridgehead atoms. The molecule has 3 rings (SSSR count). The van der Waals surface area contributed by atoms with E-state index < -0.39 is 6.04 Å². The van der Waals surface area contributed by atoms with Crippen molar-refractivity contribution in [2.45, 2.75) is 65.4 Å². The standard InChI is InChI=1S/C31H38N2O2S/c1-22(2)32-31(35)29(18-26-9-7-6-8-10-26)33(19-27-13-11-23(3)12-14-27)30(34)21-36-20-28-16-24(4)15-25(5)17-28/h6-17,22,29H,18-21H2,1-5H3,(H,32,35)/t29-/m1/s1. The van der Waals surface area contributed by atoms with E-state index in [4.69, 9.17) is 0 Å². The highest BCUT2D eigenvalue weighted by Gasteiger charge is 2.30. The summed E-state index contributed by atoms with van der Waals surface area (Å²) in [7, 11) is 0. The number of nitrogens with zero attached hydrogens (tertiary/aromatic N) is 1. The molecule has 1 N–H and O–H groups in total. The third-order valence-electron chi connectivity index (χ3n) is 5.95. The van der Waals surface area contributed by atoms with Crippen molar-refractivity contribution in [3.8, 4) is 0 Å². The van der Waals surface area contributed by atoms with Gasteiger partial charge in [0, 0.05) is 24.8 Å². The molecule has 0 aromatic heterocycles. The first-order valence-corrected chi connectivity index (χ1v) is 13.7. The van der Waals surface area contributed by atoms with Gasteiger partial charge < -0.3 is 10.2 Å². The van der Waals surface area contributed by atoms with Gasteiger partial charge in [-0.3, -0.25) is 9.59 Å². The SMILES string of the molecule is Cc1ccc(CN(C(=O)CSCc2cc(C)cc(C)c2)[C@H](Cc2ccccc2)C(=O)NC(C)C)cc1. The van der Waals surface area contributed by atoms with Crippen molar-refractivity contribution in [1.29, 1.82) is 0 Å². The lowest BCUT2D eigenvalue weighted by Gasteiger charge is -2.32. The van der Waals surface area contributed by atoms with E-state index in [1.807, 2.05) is 75.4 Å². The highest BCUT2D eigenvalue weighted by molar-refractivity contribution is 7.99. The lowest BCUT2D eigenvalue weighted by molar-refractivity contribution is -0.139. The van der Waals surface area contributed by atoms with Crippen LogP contribution in [0.4, 0.5) is 0 Å². The molecule has 190 valence electrons. The number of aryl methyl sites for hydroxylation is 3. The largest absolute Gasteiger partial charge is 0.352 e. The number of hydrogen-bond donors (Lipinski definition) is 1. The molecule has 0 spiro atoms. The third kappa shape index (κ3) is 8.56. The Morgan fingerprint density at radius 3 is 2.06 bits per heavy atom. The molecule has 36 heavy (non-hydrogen) atoms. The summed E-state index contributed by atoms with van der Waals surface area (Å²) in [6.07, 6.45) is 0.471. The van der Waals surface area contributed by atoms with Crippen molar-refractivity contribution < 1.29 is 9.59 Å². The molecule has 0 aliphatic rings. The van der Waals surface area contributed by atoms with E-state index in [1.165, 1.54) is 22.3 Å².